The fraction of sp³-hybridized carbons (Fsp3) is 0.150. The van der Waals surface area contributed by atoms with E-state index in [1.807, 2.05) is 38.1 Å². The minimum absolute atomic E-state index is 0.0392. The molecule has 0 saturated heterocycles. The quantitative estimate of drug-likeness (QED) is 0.633. The van der Waals surface area contributed by atoms with E-state index in [-0.39, 0.29) is 17.7 Å². The van der Waals surface area contributed by atoms with Crippen molar-refractivity contribution in [2.24, 2.45) is 0 Å². The number of carbonyl (C=O) groups is 1. The summed E-state index contributed by atoms with van der Waals surface area (Å²) in [7, 11) is 0. The van der Waals surface area contributed by atoms with Crippen LogP contribution in [0.5, 0.6) is 5.75 Å². The Kier molecular flexibility index (Phi) is 5.88. The topological polar surface area (TPSA) is 76.1 Å². The molecule has 27 heavy (non-hydrogen) atoms. The van der Waals surface area contributed by atoms with E-state index in [0.717, 1.165) is 5.69 Å². The van der Waals surface area contributed by atoms with E-state index in [4.69, 9.17) is 16.3 Å². The van der Waals surface area contributed by atoms with Crippen LogP contribution in [-0.4, -0.2) is 22.0 Å². The van der Waals surface area contributed by atoms with E-state index >= 15 is 0 Å². The second-order valence-corrected chi connectivity index (χ2v) is 6.48. The lowest BCUT2D eigenvalue weighted by molar-refractivity contribution is 0.102. The highest BCUT2D eigenvalue weighted by molar-refractivity contribution is 6.30. The molecule has 3 aromatic rings. The summed E-state index contributed by atoms with van der Waals surface area (Å²) in [6.45, 7) is 3.92. The molecule has 0 radical (unpaired) electrons. The smallest absolute Gasteiger partial charge is 0.274 e. The second kappa shape index (κ2) is 8.51. The van der Waals surface area contributed by atoms with Crippen LogP contribution in [0.1, 0.15) is 24.3 Å². The fourth-order valence-electron chi connectivity index (χ4n) is 2.38. The van der Waals surface area contributed by atoms with E-state index in [1.54, 1.807) is 30.3 Å². The van der Waals surface area contributed by atoms with Crippen molar-refractivity contribution < 1.29 is 9.53 Å². The number of nitrogens with zero attached hydrogens (tertiary/aromatic N) is 2. The standard InChI is InChI=1S/C20H19ClN4O2/c1-13(2)27-18-9-4-3-8-16(18)25-19-11-17(22-12-23-19)20(26)24-15-7-5-6-14(21)10-15/h3-13H,1-2H3,(H,24,26)(H,22,23,25). The van der Waals surface area contributed by atoms with Crippen LogP contribution in [0.25, 0.3) is 0 Å². The molecule has 3 rings (SSSR count). The highest BCUT2D eigenvalue weighted by Gasteiger charge is 2.11. The molecule has 0 atom stereocenters. The van der Waals surface area contributed by atoms with Crippen molar-refractivity contribution >= 4 is 34.7 Å². The molecule has 2 aromatic carbocycles. The second-order valence-electron chi connectivity index (χ2n) is 6.04. The average Bonchev–Trinajstić information content (AvgIpc) is 2.63. The van der Waals surface area contributed by atoms with Gasteiger partial charge in [-0.25, -0.2) is 9.97 Å². The predicted molar refractivity (Wildman–Crippen MR) is 107 cm³/mol. The highest BCUT2D eigenvalue weighted by atomic mass is 35.5. The van der Waals surface area contributed by atoms with Gasteiger partial charge in [-0.05, 0) is 44.2 Å². The maximum atomic E-state index is 12.4. The third kappa shape index (κ3) is 5.18. The maximum Gasteiger partial charge on any atom is 0.274 e. The molecule has 0 aliphatic rings. The number of ether oxygens (including phenoxy) is 1. The van der Waals surface area contributed by atoms with Gasteiger partial charge in [0.2, 0.25) is 0 Å². The van der Waals surface area contributed by atoms with Gasteiger partial charge in [0, 0.05) is 16.8 Å². The van der Waals surface area contributed by atoms with Gasteiger partial charge in [0.15, 0.2) is 0 Å². The van der Waals surface area contributed by atoms with Crippen molar-refractivity contribution in [3.8, 4) is 5.75 Å². The van der Waals surface area contributed by atoms with Crippen molar-refractivity contribution in [1.82, 2.24) is 9.97 Å². The van der Waals surface area contributed by atoms with E-state index < -0.39 is 0 Å². The van der Waals surface area contributed by atoms with Crippen molar-refractivity contribution in [2.45, 2.75) is 20.0 Å². The first kappa shape index (κ1) is 18.7. The van der Waals surface area contributed by atoms with Crippen molar-refractivity contribution in [2.75, 3.05) is 10.6 Å². The van der Waals surface area contributed by atoms with Gasteiger partial charge in [0.1, 0.15) is 23.6 Å². The summed E-state index contributed by atoms with van der Waals surface area (Å²) < 4.78 is 5.79. The molecule has 1 amide bonds. The molecule has 2 N–H and O–H groups in total. The molecule has 0 fully saturated rings. The molecule has 7 heteroatoms. The van der Waals surface area contributed by atoms with Gasteiger partial charge in [-0.2, -0.15) is 0 Å². The number of rotatable bonds is 6. The van der Waals surface area contributed by atoms with Crippen LogP contribution < -0.4 is 15.4 Å². The molecule has 138 valence electrons. The van der Waals surface area contributed by atoms with E-state index in [2.05, 4.69) is 20.6 Å². The molecule has 1 heterocycles. The van der Waals surface area contributed by atoms with Crippen molar-refractivity contribution in [3.63, 3.8) is 0 Å². The van der Waals surface area contributed by atoms with Crippen LogP contribution in [0.4, 0.5) is 17.2 Å². The van der Waals surface area contributed by atoms with Crippen LogP contribution in [-0.2, 0) is 0 Å². The zero-order valence-corrected chi connectivity index (χ0v) is 15.7. The molecule has 6 nitrogen and oxygen atoms in total. The minimum Gasteiger partial charge on any atom is -0.489 e. The Balaban J connectivity index is 1.77. The normalized spacial score (nSPS) is 10.5. The predicted octanol–water partition coefficient (Wildman–Crippen LogP) is 4.91. The Morgan fingerprint density at radius 2 is 1.89 bits per heavy atom. The number of nitrogens with one attached hydrogen (secondary N) is 2. The van der Waals surface area contributed by atoms with Gasteiger partial charge in [-0.15, -0.1) is 0 Å². The summed E-state index contributed by atoms with van der Waals surface area (Å²) in [6.07, 6.45) is 1.37. The van der Waals surface area contributed by atoms with Gasteiger partial charge >= 0.3 is 0 Å². The molecule has 0 aliphatic heterocycles. The Morgan fingerprint density at radius 3 is 2.67 bits per heavy atom. The summed E-state index contributed by atoms with van der Waals surface area (Å²) in [4.78, 5) is 20.7. The zero-order valence-electron chi connectivity index (χ0n) is 14.9. The highest BCUT2D eigenvalue weighted by Crippen LogP contribution is 2.27. The molecule has 0 unspecified atom stereocenters. The zero-order chi connectivity index (χ0) is 19.2. The van der Waals surface area contributed by atoms with Gasteiger partial charge in [-0.1, -0.05) is 29.8 Å². The lowest BCUT2D eigenvalue weighted by Crippen LogP contribution is -2.14. The Labute approximate surface area is 162 Å². The third-order valence-electron chi connectivity index (χ3n) is 3.49. The molecular formula is C20H19ClN4O2. The van der Waals surface area contributed by atoms with Crippen LogP contribution >= 0.6 is 11.6 Å². The third-order valence-corrected chi connectivity index (χ3v) is 3.73. The number of aromatic nitrogens is 2. The summed E-state index contributed by atoms with van der Waals surface area (Å²) in [5.74, 6) is 0.839. The number of carbonyl (C=O) groups excluding carboxylic acids is 1. The van der Waals surface area contributed by atoms with Gasteiger partial charge in [0.05, 0.1) is 11.8 Å². The molecule has 1 aromatic heterocycles. The summed E-state index contributed by atoms with van der Waals surface area (Å²) >= 11 is 5.94. The van der Waals surface area contributed by atoms with Crippen LogP contribution in [0.15, 0.2) is 60.9 Å². The first-order valence-electron chi connectivity index (χ1n) is 8.43. The summed E-state index contributed by atoms with van der Waals surface area (Å²) in [6, 6.07) is 16.0. The largest absolute Gasteiger partial charge is 0.489 e. The number of para-hydroxylation sites is 2. The van der Waals surface area contributed by atoms with E-state index in [0.29, 0.717) is 22.3 Å². The first-order valence-corrected chi connectivity index (χ1v) is 8.81. The minimum atomic E-state index is -0.352. The van der Waals surface area contributed by atoms with Crippen molar-refractivity contribution in [3.05, 3.63) is 71.6 Å². The fourth-order valence-corrected chi connectivity index (χ4v) is 2.57. The monoisotopic (exact) mass is 382 g/mol. The van der Waals surface area contributed by atoms with Crippen LogP contribution in [0.2, 0.25) is 5.02 Å². The number of anilines is 3. The summed E-state index contributed by atoms with van der Waals surface area (Å²) in [5.41, 5.74) is 1.58. The van der Waals surface area contributed by atoms with E-state index in [1.165, 1.54) is 6.33 Å². The molecule has 0 spiro atoms. The van der Waals surface area contributed by atoms with Gasteiger partial charge in [0.25, 0.3) is 5.91 Å². The van der Waals surface area contributed by atoms with E-state index in [9.17, 15) is 4.79 Å². The molecule has 0 aliphatic carbocycles. The number of hydrogen-bond donors (Lipinski definition) is 2. The van der Waals surface area contributed by atoms with Gasteiger partial charge < -0.3 is 15.4 Å². The Morgan fingerprint density at radius 1 is 1.07 bits per heavy atom. The SMILES string of the molecule is CC(C)Oc1ccccc1Nc1cc(C(=O)Nc2cccc(Cl)c2)ncn1. The number of amides is 1. The maximum absolute atomic E-state index is 12.4. The summed E-state index contributed by atoms with van der Waals surface area (Å²) in [5, 5.41) is 6.47. The van der Waals surface area contributed by atoms with Crippen molar-refractivity contribution in [1.29, 1.82) is 0 Å². The molecule has 0 saturated carbocycles. The number of benzene rings is 2. The lowest BCUT2D eigenvalue weighted by atomic mass is 10.2. The van der Waals surface area contributed by atoms with Gasteiger partial charge in [-0.3, -0.25) is 4.79 Å². The first-order chi connectivity index (χ1) is 13.0. The average molecular weight is 383 g/mol. The van der Waals surface area contributed by atoms with Crippen LogP contribution in [0.3, 0.4) is 0 Å². The number of halogens is 1. The molecular weight excluding hydrogens is 364 g/mol. The Bertz CT molecular complexity index is 947. The number of hydrogen-bond acceptors (Lipinski definition) is 5. The Hall–Kier alpha value is -3.12. The molecule has 0 bridgehead atoms. The lowest BCUT2D eigenvalue weighted by Gasteiger charge is -2.15. The van der Waals surface area contributed by atoms with Crippen LogP contribution in [0, 0.1) is 0 Å².